The van der Waals surface area contributed by atoms with Crippen LogP contribution in [0.15, 0.2) is 23.3 Å². The van der Waals surface area contributed by atoms with Crippen molar-refractivity contribution in [3.8, 4) is 0 Å². The van der Waals surface area contributed by atoms with E-state index in [0.717, 1.165) is 5.56 Å². The SMILES string of the molecule is Cc1ccc(N=[N+]=[N-])c(C)c1. The summed E-state index contributed by atoms with van der Waals surface area (Å²) in [4.78, 5) is 2.72. The predicted octanol–water partition coefficient (Wildman–Crippen LogP) is 3.25. The summed E-state index contributed by atoms with van der Waals surface area (Å²) in [5.41, 5.74) is 11.1. The van der Waals surface area contributed by atoms with E-state index >= 15 is 0 Å². The van der Waals surface area contributed by atoms with Gasteiger partial charge < -0.3 is 0 Å². The van der Waals surface area contributed by atoms with Crippen LogP contribution in [0.4, 0.5) is 5.69 Å². The molecule has 0 spiro atoms. The summed E-state index contributed by atoms with van der Waals surface area (Å²) >= 11 is 0. The zero-order valence-corrected chi connectivity index (χ0v) is 6.57. The molecule has 0 heterocycles. The van der Waals surface area contributed by atoms with Crippen molar-refractivity contribution < 1.29 is 0 Å². The van der Waals surface area contributed by atoms with Gasteiger partial charge >= 0.3 is 0 Å². The van der Waals surface area contributed by atoms with E-state index in [1.165, 1.54) is 5.56 Å². The Labute approximate surface area is 65.3 Å². The number of benzene rings is 1. The largest absolute Gasteiger partial charge is 0.0605 e. The molecule has 0 atom stereocenters. The Balaban J connectivity index is 3.19. The van der Waals surface area contributed by atoms with Gasteiger partial charge in [0.05, 0.1) is 0 Å². The number of azide groups is 1. The summed E-state index contributed by atoms with van der Waals surface area (Å²) in [7, 11) is 0. The minimum Gasteiger partial charge on any atom is -0.0605 e. The molecule has 1 aromatic carbocycles. The number of aryl methyl sites for hydroxylation is 2. The molecule has 0 saturated carbocycles. The van der Waals surface area contributed by atoms with Gasteiger partial charge in [0.1, 0.15) is 0 Å². The highest BCUT2D eigenvalue weighted by Gasteiger charge is 1.93. The Kier molecular flexibility index (Phi) is 2.14. The molecule has 1 rings (SSSR count). The van der Waals surface area contributed by atoms with Crippen LogP contribution in [-0.4, -0.2) is 0 Å². The fourth-order valence-corrected chi connectivity index (χ4v) is 0.966. The third-order valence-corrected chi connectivity index (χ3v) is 1.50. The maximum atomic E-state index is 8.17. The molecule has 56 valence electrons. The van der Waals surface area contributed by atoms with Gasteiger partial charge in [-0.25, -0.2) is 0 Å². The first kappa shape index (κ1) is 7.63. The van der Waals surface area contributed by atoms with Crippen molar-refractivity contribution in [3.05, 3.63) is 39.8 Å². The minimum absolute atomic E-state index is 0.707. The van der Waals surface area contributed by atoms with Crippen LogP contribution in [0.5, 0.6) is 0 Å². The van der Waals surface area contributed by atoms with E-state index in [1.807, 2.05) is 32.0 Å². The molecule has 3 nitrogen and oxygen atoms in total. The van der Waals surface area contributed by atoms with Gasteiger partial charge in [0.15, 0.2) is 0 Å². The van der Waals surface area contributed by atoms with Crippen molar-refractivity contribution in [2.45, 2.75) is 13.8 Å². The van der Waals surface area contributed by atoms with Crippen LogP contribution in [0.2, 0.25) is 0 Å². The second-order valence-electron chi connectivity index (χ2n) is 2.48. The van der Waals surface area contributed by atoms with E-state index < -0.39 is 0 Å². The summed E-state index contributed by atoms with van der Waals surface area (Å²) in [5, 5.41) is 3.53. The summed E-state index contributed by atoms with van der Waals surface area (Å²) < 4.78 is 0. The Hall–Kier alpha value is -1.47. The van der Waals surface area contributed by atoms with Crippen LogP contribution in [-0.2, 0) is 0 Å². The van der Waals surface area contributed by atoms with Gasteiger partial charge in [0.25, 0.3) is 0 Å². The lowest BCUT2D eigenvalue weighted by atomic mass is 10.1. The third-order valence-electron chi connectivity index (χ3n) is 1.50. The molecule has 0 fully saturated rings. The normalized spacial score (nSPS) is 8.91. The Morgan fingerprint density at radius 1 is 1.36 bits per heavy atom. The number of rotatable bonds is 1. The molecule has 0 unspecified atom stereocenters. The van der Waals surface area contributed by atoms with Crippen molar-refractivity contribution in [1.82, 2.24) is 0 Å². The highest BCUT2D eigenvalue weighted by Crippen LogP contribution is 2.18. The van der Waals surface area contributed by atoms with Crippen LogP contribution in [0.3, 0.4) is 0 Å². The molecule has 0 aromatic heterocycles. The molecule has 0 radical (unpaired) electrons. The summed E-state index contributed by atoms with van der Waals surface area (Å²) in [6.45, 7) is 3.93. The molecule has 11 heavy (non-hydrogen) atoms. The fourth-order valence-electron chi connectivity index (χ4n) is 0.966. The molecule has 0 saturated heterocycles. The molecule has 0 aliphatic rings. The van der Waals surface area contributed by atoms with Gasteiger partial charge in [0.2, 0.25) is 0 Å². The smallest absolute Gasteiger partial charge is 0.0404 e. The number of hydrogen-bond donors (Lipinski definition) is 0. The van der Waals surface area contributed by atoms with Crippen LogP contribution < -0.4 is 0 Å². The molecule has 0 bridgehead atoms. The quantitative estimate of drug-likeness (QED) is 0.332. The average molecular weight is 147 g/mol. The maximum Gasteiger partial charge on any atom is 0.0404 e. The summed E-state index contributed by atoms with van der Waals surface area (Å²) in [5.74, 6) is 0. The van der Waals surface area contributed by atoms with E-state index in [1.54, 1.807) is 0 Å². The third kappa shape index (κ3) is 1.72. The van der Waals surface area contributed by atoms with Crippen LogP contribution in [0.1, 0.15) is 11.1 Å². The Morgan fingerprint density at radius 2 is 2.09 bits per heavy atom. The van der Waals surface area contributed by atoms with Crippen molar-refractivity contribution in [2.24, 2.45) is 5.11 Å². The van der Waals surface area contributed by atoms with Gasteiger partial charge in [-0.1, -0.05) is 28.9 Å². The fraction of sp³-hybridized carbons (Fsp3) is 0.250. The van der Waals surface area contributed by atoms with Crippen LogP contribution >= 0.6 is 0 Å². The van der Waals surface area contributed by atoms with E-state index in [9.17, 15) is 0 Å². The predicted molar refractivity (Wildman–Crippen MR) is 44.7 cm³/mol. The monoisotopic (exact) mass is 147 g/mol. The zero-order valence-electron chi connectivity index (χ0n) is 6.57. The number of nitrogens with zero attached hydrogens (tertiary/aromatic N) is 3. The second kappa shape index (κ2) is 3.08. The molecular formula is C8H9N3. The van der Waals surface area contributed by atoms with E-state index in [4.69, 9.17) is 5.53 Å². The van der Waals surface area contributed by atoms with Gasteiger partial charge in [-0.2, -0.15) is 0 Å². The highest BCUT2D eigenvalue weighted by molar-refractivity contribution is 5.46. The second-order valence-corrected chi connectivity index (χ2v) is 2.48. The van der Waals surface area contributed by atoms with Gasteiger partial charge in [0, 0.05) is 10.6 Å². The molecule has 0 aliphatic carbocycles. The van der Waals surface area contributed by atoms with Crippen molar-refractivity contribution in [3.63, 3.8) is 0 Å². The molecule has 0 amide bonds. The van der Waals surface area contributed by atoms with E-state index in [0.29, 0.717) is 5.69 Å². The molecule has 3 heteroatoms. The first-order chi connectivity index (χ1) is 5.24. The van der Waals surface area contributed by atoms with E-state index in [-0.39, 0.29) is 0 Å². The molecule has 0 aliphatic heterocycles. The van der Waals surface area contributed by atoms with Gasteiger partial charge in [-0.05, 0) is 24.9 Å². The lowest BCUT2D eigenvalue weighted by Gasteiger charge is -1.98. The maximum absolute atomic E-state index is 8.17. The van der Waals surface area contributed by atoms with E-state index in [2.05, 4.69) is 10.0 Å². The first-order valence-electron chi connectivity index (χ1n) is 3.36. The Bertz CT molecular complexity index is 311. The molecule has 1 aromatic rings. The summed E-state index contributed by atoms with van der Waals surface area (Å²) in [6.07, 6.45) is 0. The lowest BCUT2D eigenvalue weighted by Crippen LogP contribution is -1.75. The van der Waals surface area contributed by atoms with Crippen LogP contribution in [0, 0.1) is 13.8 Å². The topological polar surface area (TPSA) is 48.8 Å². The molecule has 0 N–H and O–H groups in total. The van der Waals surface area contributed by atoms with Crippen molar-refractivity contribution in [2.75, 3.05) is 0 Å². The lowest BCUT2D eigenvalue weighted by molar-refractivity contribution is 1.33. The zero-order chi connectivity index (χ0) is 8.27. The highest BCUT2D eigenvalue weighted by atomic mass is 15.1. The Morgan fingerprint density at radius 3 is 2.64 bits per heavy atom. The van der Waals surface area contributed by atoms with Crippen molar-refractivity contribution in [1.29, 1.82) is 0 Å². The minimum atomic E-state index is 0.707. The summed E-state index contributed by atoms with van der Waals surface area (Å²) in [6, 6.07) is 5.74. The van der Waals surface area contributed by atoms with Crippen LogP contribution in [0.25, 0.3) is 10.4 Å². The van der Waals surface area contributed by atoms with Crippen molar-refractivity contribution >= 4 is 5.69 Å². The van der Waals surface area contributed by atoms with Gasteiger partial charge in [-0.15, -0.1) is 0 Å². The average Bonchev–Trinajstić information content (AvgIpc) is 1.95. The molecular weight excluding hydrogens is 138 g/mol. The standard InChI is InChI=1S/C8H9N3/c1-6-3-4-8(10-11-9)7(2)5-6/h3-5H,1-2H3. The first-order valence-corrected chi connectivity index (χ1v) is 3.36. The van der Waals surface area contributed by atoms with Gasteiger partial charge in [-0.3, -0.25) is 0 Å². The number of hydrogen-bond acceptors (Lipinski definition) is 1.